The van der Waals surface area contributed by atoms with Crippen molar-refractivity contribution in [1.29, 1.82) is 0 Å². The van der Waals surface area contributed by atoms with Crippen molar-refractivity contribution in [3.8, 4) is 0 Å². The Morgan fingerprint density at radius 3 is 2.81 bits per heavy atom. The normalized spacial score (nSPS) is 10.8. The average Bonchev–Trinajstić information content (AvgIpc) is 2.35. The Balaban J connectivity index is 2.33. The highest BCUT2D eigenvalue weighted by Gasteiger charge is 1.97. The fourth-order valence-corrected chi connectivity index (χ4v) is 1.27. The predicted molar refractivity (Wildman–Crippen MR) is 60.6 cm³/mol. The Morgan fingerprint density at radius 1 is 1.31 bits per heavy atom. The highest BCUT2D eigenvalue weighted by atomic mass is 16.5. The number of hydrogen-bond donors (Lipinski definition) is 0. The summed E-state index contributed by atoms with van der Waals surface area (Å²) in [6.45, 7) is 0. The van der Waals surface area contributed by atoms with Crippen LogP contribution in [0.25, 0.3) is 17.1 Å². The molecule has 4 nitrogen and oxygen atoms in total. The van der Waals surface area contributed by atoms with Gasteiger partial charge in [-0.2, -0.15) is 0 Å². The van der Waals surface area contributed by atoms with E-state index in [-0.39, 0.29) is 0 Å². The van der Waals surface area contributed by atoms with Crippen LogP contribution in [0.3, 0.4) is 0 Å². The molecule has 0 saturated heterocycles. The van der Waals surface area contributed by atoms with Crippen molar-refractivity contribution in [1.82, 2.24) is 9.97 Å². The monoisotopic (exact) mass is 214 g/mol. The minimum Gasteiger partial charge on any atom is -0.466 e. The molecular formula is C12H10N2O2. The molecule has 0 fully saturated rings. The number of para-hydroxylation sites is 2. The van der Waals surface area contributed by atoms with E-state index in [2.05, 4.69) is 14.7 Å². The number of carbonyl (C=O) groups is 1. The zero-order chi connectivity index (χ0) is 11.4. The second-order valence-electron chi connectivity index (χ2n) is 3.14. The zero-order valence-electron chi connectivity index (χ0n) is 8.75. The molecule has 2 rings (SSSR count). The van der Waals surface area contributed by atoms with Crippen LogP contribution in [0, 0.1) is 0 Å². The lowest BCUT2D eigenvalue weighted by molar-refractivity contribution is -0.134. The van der Waals surface area contributed by atoms with Gasteiger partial charge in [-0.15, -0.1) is 0 Å². The number of carbonyl (C=O) groups excluding carboxylic acids is 1. The van der Waals surface area contributed by atoms with Crippen LogP contribution >= 0.6 is 0 Å². The van der Waals surface area contributed by atoms with Gasteiger partial charge >= 0.3 is 5.97 Å². The van der Waals surface area contributed by atoms with E-state index in [0.29, 0.717) is 5.69 Å². The maximum absolute atomic E-state index is 10.9. The molecule has 0 N–H and O–H groups in total. The quantitative estimate of drug-likeness (QED) is 0.565. The van der Waals surface area contributed by atoms with Gasteiger partial charge in [0.25, 0.3) is 0 Å². The molecule has 0 bridgehead atoms. The SMILES string of the molecule is COC(=O)C=Cc1cnc2ccccc2n1. The van der Waals surface area contributed by atoms with Crippen molar-refractivity contribution in [2.75, 3.05) is 7.11 Å². The smallest absolute Gasteiger partial charge is 0.330 e. The molecule has 1 heterocycles. The summed E-state index contributed by atoms with van der Waals surface area (Å²) in [5.41, 5.74) is 2.26. The summed E-state index contributed by atoms with van der Waals surface area (Å²) in [6.07, 6.45) is 4.51. The molecular weight excluding hydrogens is 204 g/mol. The van der Waals surface area contributed by atoms with Crippen LogP contribution in [0.15, 0.2) is 36.5 Å². The molecule has 0 saturated carbocycles. The molecule has 0 atom stereocenters. The Hall–Kier alpha value is -2.23. The molecule has 2 aromatic rings. The van der Waals surface area contributed by atoms with Gasteiger partial charge in [0.15, 0.2) is 0 Å². The van der Waals surface area contributed by atoms with Crippen LogP contribution < -0.4 is 0 Å². The van der Waals surface area contributed by atoms with Crippen LogP contribution in [0.4, 0.5) is 0 Å². The van der Waals surface area contributed by atoms with Gasteiger partial charge in [-0.05, 0) is 18.2 Å². The van der Waals surface area contributed by atoms with E-state index in [1.54, 1.807) is 12.3 Å². The van der Waals surface area contributed by atoms with Gasteiger partial charge < -0.3 is 4.74 Å². The van der Waals surface area contributed by atoms with Gasteiger partial charge in [0.2, 0.25) is 0 Å². The first-order chi connectivity index (χ1) is 7.79. The van der Waals surface area contributed by atoms with E-state index in [1.165, 1.54) is 13.2 Å². The predicted octanol–water partition coefficient (Wildman–Crippen LogP) is 1.82. The topological polar surface area (TPSA) is 52.1 Å². The van der Waals surface area contributed by atoms with Gasteiger partial charge in [-0.1, -0.05) is 12.1 Å². The van der Waals surface area contributed by atoms with E-state index >= 15 is 0 Å². The lowest BCUT2D eigenvalue weighted by Gasteiger charge is -1.97. The molecule has 0 aliphatic rings. The fraction of sp³-hybridized carbons (Fsp3) is 0.0833. The molecule has 1 aromatic carbocycles. The standard InChI is InChI=1S/C12H10N2O2/c1-16-12(15)7-6-9-8-13-10-4-2-3-5-11(10)14-9/h2-8H,1H3. The number of rotatable bonds is 2. The van der Waals surface area contributed by atoms with Crippen LogP contribution in [-0.2, 0) is 9.53 Å². The number of hydrogen-bond acceptors (Lipinski definition) is 4. The summed E-state index contributed by atoms with van der Waals surface area (Å²) in [4.78, 5) is 19.4. The largest absolute Gasteiger partial charge is 0.466 e. The van der Waals surface area contributed by atoms with Gasteiger partial charge in [0.05, 0.1) is 30.0 Å². The first-order valence-electron chi connectivity index (χ1n) is 4.77. The third kappa shape index (κ3) is 2.23. The molecule has 0 aliphatic carbocycles. The van der Waals surface area contributed by atoms with Gasteiger partial charge in [0, 0.05) is 6.08 Å². The zero-order valence-corrected chi connectivity index (χ0v) is 8.75. The van der Waals surface area contributed by atoms with Crippen molar-refractivity contribution in [3.63, 3.8) is 0 Å². The first kappa shape index (κ1) is 10.3. The lowest BCUT2D eigenvalue weighted by Crippen LogP contribution is -1.94. The van der Waals surface area contributed by atoms with Crippen LogP contribution in [0.5, 0.6) is 0 Å². The van der Waals surface area contributed by atoms with Crippen molar-refractivity contribution in [2.45, 2.75) is 0 Å². The molecule has 80 valence electrons. The second-order valence-corrected chi connectivity index (χ2v) is 3.14. The van der Waals surface area contributed by atoms with E-state index in [0.717, 1.165) is 11.0 Å². The van der Waals surface area contributed by atoms with Crippen LogP contribution in [-0.4, -0.2) is 23.0 Å². The molecule has 0 unspecified atom stereocenters. The summed E-state index contributed by atoms with van der Waals surface area (Å²) in [5, 5.41) is 0. The molecule has 0 spiro atoms. The Bertz CT molecular complexity index is 549. The Kier molecular flexibility index (Phi) is 2.91. The molecule has 0 amide bonds. The number of esters is 1. The number of fused-ring (bicyclic) bond motifs is 1. The van der Waals surface area contributed by atoms with Gasteiger partial charge in [-0.25, -0.2) is 9.78 Å². The number of ether oxygens (including phenoxy) is 1. The Morgan fingerprint density at radius 2 is 2.06 bits per heavy atom. The molecule has 1 aromatic heterocycles. The first-order valence-corrected chi connectivity index (χ1v) is 4.77. The second kappa shape index (κ2) is 4.53. The molecule has 0 aliphatic heterocycles. The average molecular weight is 214 g/mol. The van der Waals surface area contributed by atoms with Crippen molar-refractivity contribution in [3.05, 3.63) is 42.2 Å². The Labute approximate surface area is 92.6 Å². The maximum atomic E-state index is 10.9. The van der Waals surface area contributed by atoms with Gasteiger partial charge in [0.1, 0.15) is 0 Å². The van der Waals surface area contributed by atoms with Crippen LogP contribution in [0.1, 0.15) is 5.69 Å². The highest BCUT2D eigenvalue weighted by Crippen LogP contribution is 2.09. The number of aromatic nitrogens is 2. The summed E-state index contributed by atoms with van der Waals surface area (Å²) in [5.74, 6) is -0.407. The summed E-state index contributed by atoms with van der Waals surface area (Å²) >= 11 is 0. The molecule has 4 heteroatoms. The number of nitrogens with zero attached hydrogens (tertiary/aromatic N) is 2. The summed E-state index contributed by atoms with van der Waals surface area (Å²) in [6, 6.07) is 7.56. The van der Waals surface area contributed by atoms with E-state index in [4.69, 9.17) is 0 Å². The maximum Gasteiger partial charge on any atom is 0.330 e. The van der Waals surface area contributed by atoms with Crippen molar-refractivity contribution in [2.24, 2.45) is 0 Å². The van der Waals surface area contributed by atoms with Crippen molar-refractivity contribution >= 4 is 23.1 Å². The van der Waals surface area contributed by atoms with E-state index in [1.807, 2.05) is 24.3 Å². The number of methoxy groups -OCH3 is 1. The summed E-state index contributed by atoms with van der Waals surface area (Å²) in [7, 11) is 1.33. The lowest BCUT2D eigenvalue weighted by atomic mass is 10.3. The van der Waals surface area contributed by atoms with E-state index in [9.17, 15) is 4.79 Å². The molecule has 0 radical (unpaired) electrons. The van der Waals surface area contributed by atoms with E-state index < -0.39 is 5.97 Å². The highest BCUT2D eigenvalue weighted by molar-refractivity contribution is 5.87. The number of benzene rings is 1. The third-order valence-corrected chi connectivity index (χ3v) is 2.06. The van der Waals surface area contributed by atoms with Crippen molar-refractivity contribution < 1.29 is 9.53 Å². The minimum atomic E-state index is -0.407. The molecule has 16 heavy (non-hydrogen) atoms. The van der Waals surface area contributed by atoms with Crippen LogP contribution in [0.2, 0.25) is 0 Å². The van der Waals surface area contributed by atoms with Gasteiger partial charge in [-0.3, -0.25) is 4.98 Å². The summed E-state index contributed by atoms with van der Waals surface area (Å²) < 4.78 is 4.49. The third-order valence-electron chi connectivity index (χ3n) is 2.06. The fourth-order valence-electron chi connectivity index (χ4n) is 1.27. The minimum absolute atomic E-state index is 0.407.